The third-order valence-electron chi connectivity index (χ3n) is 2.25. The van der Waals surface area contributed by atoms with E-state index >= 15 is 0 Å². The SMILES string of the molecule is CC(NC=O)c1scc2ccccc12. The normalized spacial score (nSPS) is 12.6. The molecule has 1 unspecified atom stereocenters. The van der Waals surface area contributed by atoms with Gasteiger partial charge in [0.1, 0.15) is 0 Å². The van der Waals surface area contributed by atoms with Crippen molar-refractivity contribution < 1.29 is 4.79 Å². The van der Waals surface area contributed by atoms with E-state index in [0.717, 1.165) is 6.41 Å². The Hall–Kier alpha value is -1.35. The number of rotatable bonds is 3. The standard InChI is InChI=1S/C11H11NOS/c1-8(12-7-13)11-10-5-3-2-4-9(10)6-14-11/h2-8H,1H3,(H,12,13). The maximum absolute atomic E-state index is 10.3. The number of carbonyl (C=O) groups is 1. The first-order chi connectivity index (χ1) is 6.83. The quantitative estimate of drug-likeness (QED) is 0.767. The predicted octanol–water partition coefficient (Wildman–Crippen LogP) is 2.71. The van der Waals surface area contributed by atoms with Gasteiger partial charge in [-0.05, 0) is 23.1 Å². The van der Waals surface area contributed by atoms with Crippen molar-refractivity contribution in [2.75, 3.05) is 0 Å². The van der Waals surface area contributed by atoms with Crippen LogP contribution in [0.25, 0.3) is 10.8 Å². The molecule has 0 fully saturated rings. The van der Waals surface area contributed by atoms with E-state index < -0.39 is 0 Å². The Kier molecular flexibility index (Phi) is 2.50. The molecule has 1 heterocycles. The summed E-state index contributed by atoms with van der Waals surface area (Å²) < 4.78 is 0. The van der Waals surface area contributed by atoms with Crippen molar-refractivity contribution in [2.24, 2.45) is 0 Å². The van der Waals surface area contributed by atoms with Crippen LogP contribution in [0.4, 0.5) is 0 Å². The Labute approximate surface area is 86.6 Å². The van der Waals surface area contributed by atoms with E-state index in [9.17, 15) is 4.79 Å². The van der Waals surface area contributed by atoms with Gasteiger partial charge in [0.05, 0.1) is 6.04 Å². The number of hydrogen-bond acceptors (Lipinski definition) is 2. The van der Waals surface area contributed by atoms with Crippen LogP contribution in [0, 0.1) is 0 Å². The fraction of sp³-hybridized carbons (Fsp3) is 0.182. The van der Waals surface area contributed by atoms with Crippen LogP contribution in [0.15, 0.2) is 29.6 Å². The minimum absolute atomic E-state index is 0.0948. The van der Waals surface area contributed by atoms with Gasteiger partial charge < -0.3 is 5.32 Å². The summed E-state index contributed by atoms with van der Waals surface area (Å²) in [6.07, 6.45) is 0.749. The first kappa shape index (κ1) is 9.21. The molecule has 1 atom stereocenters. The summed E-state index contributed by atoms with van der Waals surface area (Å²) in [5, 5.41) is 7.37. The molecule has 1 aromatic heterocycles. The highest BCUT2D eigenvalue weighted by Crippen LogP contribution is 2.30. The van der Waals surface area contributed by atoms with Gasteiger partial charge in [-0.25, -0.2) is 0 Å². The second kappa shape index (κ2) is 3.80. The molecule has 2 aromatic rings. The third kappa shape index (κ3) is 1.51. The monoisotopic (exact) mass is 205 g/mol. The molecule has 0 aliphatic rings. The lowest BCUT2D eigenvalue weighted by molar-refractivity contribution is -0.110. The largest absolute Gasteiger partial charge is 0.351 e. The Morgan fingerprint density at radius 1 is 1.43 bits per heavy atom. The number of carbonyl (C=O) groups excluding carboxylic acids is 1. The summed E-state index contributed by atoms with van der Waals surface area (Å²) in [6.45, 7) is 1.99. The van der Waals surface area contributed by atoms with Crippen LogP contribution in [-0.2, 0) is 4.79 Å². The van der Waals surface area contributed by atoms with Gasteiger partial charge in [0.25, 0.3) is 0 Å². The van der Waals surface area contributed by atoms with Crippen molar-refractivity contribution in [3.8, 4) is 0 Å². The zero-order valence-electron chi connectivity index (χ0n) is 7.86. The lowest BCUT2D eigenvalue weighted by Crippen LogP contribution is -2.14. The van der Waals surface area contributed by atoms with E-state index in [1.807, 2.05) is 19.1 Å². The number of nitrogens with one attached hydrogen (secondary N) is 1. The zero-order chi connectivity index (χ0) is 9.97. The molecule has 1 aromatic carbocycles. The molecular weight excluding hydrogens is 194 g/mol. The second-order valence-corrected chi connectivity index (χ2v) is 4.10. The number of hydrogen-bond donors (Lipinski definition) is 1. The fourth-order valence-corrected chi connectivity index (χ4v) is 2.57. The summed E-state index contributed by atoms with van der Waals surface area (Å²) >= 11 is 1.69. The maximum atomic E-state index is 10.3. The first-order valence-corrected chi connectivity index (χ1v) is 5.36. The van der Waals surface area contributed by atoms with Crippen molar-refractivity contribution in [1.82, 2.24) is 5.32 Å². The fourth-order valence-electron chi connectivity index (χ4n) is 1.53. The third-order valence-corrected chi connectivity index (χ3v) is 3.45. The minimum atomic E-state index is 0.0948. The predicted molar refractivity (Wildman–Crippen MR) is 59.4 cm³/mol. The molecule has 72 valence electrons. The molecule has 0 saturated carbocycles. The van der Waals surface area contributed by atoms with Gasteiger partial charge >= 0.3 is 0 Å². The summed E-state index contributed by atoms with van der Waals surface area (Å²) in [5.74, 6) is 0. The lowest BCUT2D eigenvalue weighted by atomic mass is 10.1. The minimum Gasteiger partial charge on any atom is -0.351 e. The highest BCUT2D eigenvalue weighted by Gasteiger charge is 2.09. The number of fused-ring (bicyclic) bond motifs is 1. The molecule has 0 radical (unpaired) electrons. The first-order valence-electron chi connectivity index (χ1n) is 4.48. The average molecular weight is 205 g/mol. The Balaban J connectivity index is 2.47. The molecule has 0 saturated heterocycles. The topological polar surface area (TPSA) is 29.1 Å². The van der Waals surface area contributed by atoms with Gasteiger partial charge in [-0.1, -0.05) is 24.3 Å². The van der Waals surface area contributed by atoms with Crippen LogP contribution in [0.1, 0.15) is 17.8 Å². The van der Waals surface area contributed by atoms with Crippen molar-refractivity contribution >= 4 is 28.5 Å². The summed E-state index contributed by atoms with van der Waals surface area (Å²) in [6, 6.07) is 8.31. The summed E-state index contributed by atoms with van der Waals surface area (Å²) in [5.41, 5.74) is 0. The molecule has 0 bridgehead atoms. The lowest BCUT2D eigenvalue weighted by Gasteiger charge is -2.07. The van der Waals surface area contributed by atoms with Crippen molar-refractivity contribution in [2.45, 2.75) is 13.0 Å². The highest BCUT2D eigenvalue weighted by atomic mass is 32.1. The van der Waals surface area contributed by atoms with Gasteiger partial charge in [0, 0.05) is 4.88 Å². The summed E-state index contributed by atoms with van der Waals surface area (Å²) in [7, 11) is 0. The van der Waals surface area contributed by atoms with Gasteiger partial charge in [0.2, 0.25) is 6.41 Å². The van der Waals surface area contributed by atoms with Gasteiger partial charge in [-0.15, -0.1) is 11.3 Å². The highest BCUT2D eigenvalue weighted by molar-refractivity contribution is 7.11. The van der Waals surface area contributed by atoms with Crippen molar-refractivity contribution in [3.63, 3.8) is 0 Å². The molecule has 0 aliphatic carbocycles. The molecule has 2 nitrogen and oxygen atoms in total. The number of thiophene rings is 1. The van der Waals surface area contributed by atoms with E-state index in [-0.39, 0.29) is 6.04 Å². The Morgan fingerprint density at radius 2 is 2.21 bits per heavy atom. The molecular formula is C11H11NOS. The zero-order valence-corrected chi connectivity index (χ0v) is 8.67. The average Bonchev–Trinajstić information content (AvgIpc) is 2.61. The van der Waals surface area contributed by atoms with Gasteiger partial charge in [0.15, 0.2) is 0 Å². The summed E-state index contributed by atoms with van der Waals surface area (Å²) in [4.78, 5) is 11.6. The molecule has 1 N–H and O–H groups in total. The van der Waals surface area contributed by atoms with Gasteiger partial charge in [-0.2, -0.15) is 0 Å². The smallest absolute Gasteiger partial charge is 0.207 e. The van der Waals surface area contributed by atoms with Crippen molar-refractivity contribution in [3.05, 3.63) is 34.5 Å². The Bertz CT molecular complexity index is 449. The van der Waals surface area contributed by atoms with Crippen LogP contribution in [-0.4, -0.2) is 6.41 Å². The Morgan fingerprint density at radius 3 is 3.00 bits per heavy atom. The van der Waals surface area contributed by atoms with E-state index in [4.69, 9.17) is 0 Å². The van der Waals surface area contributed by atoms with E-state index in [0.29, 0.717) is 0 Å². The van der Waals surface area contributed by atoms with Crippen LogP contribution in [0.3, 0.4) is 0 Å². The second-order valence-electron chi connectivity index (χ2n) is 3.19. The maximum Gasteiger partial charge on any atom is 0.207 e. The van der Waals surface area contributed by atoms with Crippen LogP contribution in [0.2, 0.25) is 0 Å². The molecule has 0 aliphatic heterocycles. The van der Waals surface area contributed by atoms with Crippen LogP contribution in [0.5, 0.6) is 0 Å². The molecule has 0 spiro atoms. The molecule has 1 amide bonds. The van der Waals surface area contributed by atoms with E-state index in [2.05, 4.69) is 22.8 Å². The van der Waals surface area contributed by atoms with E-state index in [1.54, 1.807) is 11.3 Å². The molecule has 3 heteroatoms. The van der Waals surface area contributed by atoms with Crippen LogP contribution < -0.4 is 5.32 Å². The van der Waals surface area contributed by atoms with Gasteiger partial charge in [-0.3, -0.25) is 4.79 Å². The van der Waals surface area contributed by atoms with E-state index in [1.165, 1.54) is 15.6 Å². The van der Waals surface area contributed by atoms with Crippen molar-refractivity contribution in [1.29, 1.82) is 0 Å². The number of benzene rings is 1. The number of amides is 1. The molecule has 14 heavy (non-hydrogen) atoms. The van der Waals surface area contributed by atoms with Crippen LogP contribution >= 0.6 is 11.3 Å². The molecule has 2 rings (SSSR count).